The minimum Gasteiger partial charge on any atom is -0.349 e. The molecule has 3 nitrogen and oxygen atoms in total. The smallest absolute Gasteiger partial charge is 0.224 e. The molecule has 0 spiro atoms. The average molecular weight is 269 g/mol. The quantitative estimate of drug-likeness (QED) is 0.883. The lowest BCUT2D eigenvalue weighted by molar-refractivity contribution is -0.126. The first-order chi connectivity index (χ1) is 8.27. The normalized spacial score (nSPS) is 20.6. The first-order valence-corrected chi connectivity index (χ1v) is 6.33. The molecule has 1 aromatic rings. The minimum absolute atomic E-state index is 0. The monoisotopic (exact) mass is 268 g/mol. The molecule has 0 bridgehead atoms. The van der Waals surface area contributed by atoms with Crippen LogP contribution in [-0.2, 0) is 4.79 Å². The van der Waals surface area contributed by atoms with Crippen LogP contribution in [0.4, 0.5) is 0 Å². The van der Waals surface area contributed by atoms with Crippen molar-refractivity contribution in [1.29, 1.82) is 0 Å². The van der Waals surface area contributed by atoms with Gasteiger partial charge in [-0.3, -0.25) is 4.79 Å². The maximum Gasteiger partial charge on any atom is 0.224 e. The summed E-state index contributed by atoms with van der Waals surface area (Å²) >= 11 is 0. The largest absolute Gasteiger partial charge is 0.349 e. The highest BCUT2D eigenvalue weighted by Crippen LogP contribution is 2.15. The van der Waals surface area contributed by atoms with Crippen LogP contribution in [0.1, 0.15) is 31.4 Å². The molecule has 100 valence electrons. The van der Waals surface area contributed by atoms with E-state index in [4.69, 9.17) is 0 Å². The molecule has 0 radical (unpaired) electrons. The van der Waals surface area contributed by atoms with Gasteiger partial charge in [-0.05, 0) is 31.9 Å². The Morgan fingerprint density at radius 3 is 2.72 bits per heavy atom. The van der Waals surface area contributed by atoms with E-state index in [1.54, 1.807) is 0 Å². The lowest BCUT2D eigenvalue weighted by atomic mass is 9.98. The Bertz CT molecular complexity index is 363. The van der Waals surface area contributed by atoms with Crippen LogP contribution in [0.15, 0.2) is 30.3 Å². The van der Waals surface area contributed by atoms with E-state index >= 15 is 0 Å². The number of carbonyl (C=O) groups excluding carboxylic acids is 1. The summed E-state index contributed by atoms with van der Waals surface area (Å²) in [6.07, 6.45) is 2.10. The molecular weight excluding hydrogens is 248 g/mol. The Balaban J connectivity index is 0.00000162. The topological polar surface area (TPSA) is 41.1 Å². The summed E-state index contributed by atoms with van der Waals surface area (Å²) in [5.74, 6) is 0.309. The van der Waals surface area contributed by atoms with Gasteiger partial charge in [0.1, 0.15) is 0 Å². The second-order valence-corrected chi connectivity index (χ2v) is 4.68. The predicted molar refractivity (Wildman–Crippen MR) is 75.8 cm³/mol. The molecule has 1 heterocycles. The molecule has 1 saturated heterocycles. The summed E-state index contributed by atoms with van der Waals surface area (Å²) in [5.41, 5.74) is 1.16. The fraction of sp³-hybridized carbons (Fsp3) is 0.500. The maximum absolute atomic E-state index is 12.0. The van der Waals surface area contributed by atoms with Crippen LogP contribution in [0.5, 0.6) is 0 Å². The lowest BCUT2D eigenvalue weighted by Gasteiger charge is -2.24. The summed E-state index contributed by atoms with van der Waals surface area (Å²) in [6, 6.07) is 10.2. The third kappa shape index (κ3) is 4.00. The van der Waals surface area contributed by atoms with Crippen molar-refractivity contribution in [3.05, 3.63) is 35.9 Å². The molecule has 4 heteroatoms. The van der Waals surface area contributed by atoms with Gasteiger partial charge in [0, 0.05) is 6.54 Å². The molecule has 1 aliphatic rings. The summed E-state index contributed by atoms with van der Waals surface area (Å²) in [6.45, 7) is 3.88. The van der Waals surface area contributed by atoms with Gasteiger partial charge < -0.3 is 10.6 Å². The lowest BCUT2D eigenvalue weighted by Crippen LogP contribution is -2.41. The number of hydrogen-bond donors (Lipinski definition) is 2. The molecule has 1 amide bonds. The molecule has 1 aromatic carbocycles. The Hall–Kier alpha value is -1.06. The van der Waals surface area contributed by atoms with E-state index in [2.05, 4.69) is 10.6 Å². The number of rotatable bonds is 3. The second-order valence-electron chi connectivity index (χ2n) is 4.68. The zero-order valence-electron chi connectivity index (χ0n) is 10.7. The highest BCUT2D eigenvalue weighted by molar-refractivity contribution is 5.85. The minimum atomic E-state index is 0. The van der Waals surface area contributed by atoms with E-state index in [-0.39, 0.29) is 30.3 Å². The maximum atomic E-state index is 12.0. The number of amides is 1. The first kappa shape index (κ1) is 15.0. The van der Waals surface area contributed by atoms with E-state index in [0.717, 1.165) is 31.5 Å². The van der Waals surface area contributed by atoms with E-state index < -0.39 is 0 Å². The highest BCUT2D eigenvalue weighted by Gasteiger charge is 2.22. The summed E-state index contributed by atoms with van der Waals surface area (Å²) in [7, 11) is 0. The Kier molecular flexibility index (Phi) is 6.16. The van der Waals surface area contributed by atoms with Gasteiger partial charge in [-0.15, -0.1) is 12.4 Å². The molecule has 0 saturated carbocycles. The van der Waals surface area contributed by atoms with E-state index in [9.17, 15) is 4.79 Å². The molecule has 18 heavy (non-hydrogen) atoms. The molecule has 1 fully saturated rings. The molecule has 2 atom stereocenters. The number of halogens is 1. The Morgan fingerprint density at radius 1 is 1.39 bits per heavy atom. The van der Waals surface area contributed by atoms with Crippen molar-refractivity contribution in [2.75, 3.05) is 13.1 Å². The van der Waals surface area contributed by atoms with Crippen LogP contribution in [0, 0.1) is 5.92 Å². The zero-order chi connectivity index (χ0) is 12.1. The van der Waals surface area contributed by atoms with Crippen molar-refractivity contribution in [3.63, 3.8) is 0 Å². The van der Waals surface area contributed by atoms with Crippen LogP contribution in [-0.4, -0.2) is 19.0 Å². The second kappa shape index (κ2) is 7.39. The summed E-state index contributed by atoms with van der Waals surface area (Å²) in [4.78, 5) is 12.0. The third-order valence-electron chi connectivity index (χ3n) is 3.33. The van der Waals surface area contributed by atoms with Crippen molar-refractivity contribution in [2.24, 2.45) is 5.92 Å². The number of carbonyl (C=O) groups is 1. The molecule has 2 rings (SSSR count). The van der Waals surface area contributed by atoms with Gasteiger partial charge in [-0.1, -0.05) is 30.3 Å². The molecule has 0 aliphatic carbocycles. The van der Waals surface area contributed by atoms with Crippen molar-refractivity contribution in [3.8, 4) is 0 Å². The zero-order valence-corrected chi connectivity index (χ0v) is 11.5. The van der Waals surface area contributed by atoms with Crippen LogP contribution in [0.2, 0.25) is 0 Å². The number of piperidine rings is 1. The SMILES string of the molecule is C[C@@H](NC(=O)[C@@H]1CCCNC1)c1ccccc1.Cl. The Morgan fingerprint density at radius 2 is 2.11 bits per heavy atom. The molecule has 0 aromatic heterocycles. The van der Waals surface area contributed by atoms with Crippen molar-refractivity contribution < 1.29 is 4.79 Å². The third-order valence-corrected chi connectivity index (χ3v) is 3.33. The van der Waals surface area contributed by atoms with Crippen LogP contribution in [0.25, 0.3) is 0 Å². The van der Waals surface area contributed by atoms with Crippen LogP contribution >= 0.6 is 12.4 Å². The Labute approximate surface area is 115 Å². The highest BCUT2D eigenvalue weighted by atomic mass is 35.5. The van der Waals surface area contributed by atoms with Crippen LogP contribution < -0.4 is 10.6 Å². The van der Waals surface area contributed by atoms with Crippen molar-refractivity contribution >= 4 is 18.3 Å². The van der Waals surface area contributed by atoms with Gasteiger partial charge in [0.25, 0.3) is 0 Å². The van der Waals surface area contributed by atoms with Gasteiger partial charge in [0.2, 0.25) is 5.91 Å². The fourth-order valence-corrected chi connectivity index (χ4v) is 2.23. The van der Waals surface area contributed by atoms with Gasteiger partial charge in [0.05, 0.1) is 12.0 Å². The molecular formula is C14H21ClN2O. The van der Waals surface area contributed by atoms with Crippen LogP contribution in [0.3, 0.4) is 0 Å². The van der Waals surface area contributed by atoms with Gasteiger partial charge >= 0.3 is 0 Å². The van der Waals surface area contributed by atoms with Gasteiger partial charge in [-0.25, -0.2) is 0 Å². The molecule has 1 aliphatic heterocycles. The first-order valence-electron chi connectivity index (χ1n) is 6.33. The fourth-order valence-electron chi connectivity index (χ4n) is 2.23. The van der Waals surface area contributed by atoms with E-state index in [1.807, 2.05) is 37.3 Å². The molecule has 0 unspecified atom stereocenters. The van der Waals surface area contributed by atoms with E-state index in [0.29, 0.717) is 0 Å². The van der Waals surface area contributed by atoms with Gasteiger partial charge in [-0.2, -0.15) is 0 Å². The predicted octanol–water partition coefficient (Wildman–Crippen LogP) is 2.29. The molecule has 2 N–H and O–H groups in total. The number of benzene rings is 1. The average Bonchev–Trinajstić information content (AvgIpc) is 2.40. The van der Waals surface area contributed by atoms with Crippen molar-refractivity contribution in [1.82, 2.24) is 10.6 Å². The van der Waals surface area contributed by atoms with Crippen molar-refractivity contribution in [2.45, 2.75) is 25.8 Å². The number of nitrogens with one attached hydrogen (secondary N) is 2. The number of hydrogen-bond acceptors (Lipinski definition) is 2. The summed E-state index contributed by atoms with van der Waals surface area (Å²) < 4.78 is 0. The summed E-state index contributed by atoms with van der Waals surface area (Å²) in [5, 5.41) is 6.35. The van der Waals surface area contributed by atoms with Gasteiger partial charge in [0.15, 0.2) is 0 Å². The van der Waals surface area contributed by atoms with E-state index in [1.165, 1.54) is 0 Å². The standard InChI is InChI=1S/C14H20N2O.ClH/c1-11(12-6-3-2-4-7-12)16-14(17)13-8-5-9-15-10-13;/h2-4,6-7,11,13,15H,5,8-10H2,1H3,(H,16,17);1H/t11-,13-;/m1./s1.